The fourth-order valence-electron chi connectivity index (χ4n) is 0.335. The van der Waals surface area contributed by atoms with Crippen molar-refractivity contribution in [2.75, 3.05) is 0 Å². The van der Waals surface area contributed by atoms with Crippen LogP contribution in [-0.2, 0) is 0 Å². The average Bonchev–Trinajstić information content (AvgIpc) is 1.87. The molecule has 1 aromatic heterocycles. The molecule has 0 aliphatic heterocycles. The van der Waals surface area contributed by atoms with E-state index in [-0.39, 0.29) is 24.0 Å². The zero-order valence-corrected chi connectivity index (χ0v) is 7.85. The first kappa shape index (κ1) is 8.64. The van der Waals surface area contributed by atoms with Crippen molar-refractivity contribution in [1.82, 2.24) is 3.97 Å². The topological polar surface area (TPSA) is 8.81 Å². The first-order chi connectivity index (χ1) is 3.29. The van der Waals surface area contributed by atoms with Gasteiger partial charge < -0.3 is 24.0 Å². The lowest BCUT2D eigenvalue weighted by atomic mass is 11.0. The fraction of sp³-hybridized carbons (Fsp3) is 0. The minimum absolute atomic E-state index is 0. The molecule has 0 aliphatic rings. The highest BCUT2D eigenvalue weighted by Crippen LogP contribution is 1.83. The number of imidazole rings is 1. The number of rotatable bonds is 0. The summed E-state index contributed by atoms with van der Waals surface area (Å²) in [7, 11) is 0. The first-order valence-corrected chi connectivity index (χ1v) is 2.57. The molecular formula is C3H5IN2S2. The molecule has 0 amide bonds. The monoisotopic (exact) mass is 260 g/mol. The second-order valence-corrected chi connectivity index (χ2v) is 2.10. The Kier molecular flexibility index (Phi) is 3.91. The zero-order valence-electron chi connectivity index (χ0n) is 3.90. The standard InChI is InChI=1S/C3H5N2S2.HI/c6-4-1-2-5(7)3-4;/h1-3,6-7H;1H/q+1;/p-1. The van der Waals surface area contributed by atoms with Gasteiger partial charge in [0.25, 0.3) is 6.33 Å². The quantitative estimate of drug-likeness (QED) is 0.283. The van der Waals surface area contributed by atoms with E-state index in [2.05, 4.69) is 25.6 Å². The molecular weight excluding hydrogens is 255 g/mol. The van der Waals surface area contributed by atoms with Crippen molar-refractivity contribution in [3.63, 3.8) is 0 Å². The maximum absolute atomic E-state index is 3.95. The summed E-state index contributed by atoms with van der Waals surface area (Å²) in [5, 5.41) is 0. The van der Waals surface area contributed by atoms with Crippen LogP contribution in [-0.4, -0.2) is 3.97 Å². The lowest BCUT2D eigenvalue weighted by molar-refractivity contribution is -0.487. The van der Waals surface area contributed by atoms with Gasteiger partial charge in [-0.1, -0.05) is 0 Å². The van der Waals surface area contributed by atoms with Gasteiger partial charge in [-0.3, -0.25) is 0 Å². The summed E-state index contributed by atoms with van der Waals surface area (Å²) < 4.78 is 3.24. The van der Waals surface area contributed by atoms with Crippen LogP contribution >= 0.6 is 25.6 Å². The second kappa shape index (κ2) is 3.62. The lowest BCUT2D eigenvalue weighted by Crippen LogP contribution is -3.00. The SMILES string of the molecule is Sn1cc[n+](S)c1.[I-]. The molecule has 5 heteroatoms. The lowest BCUT2D eigenvalue weighted by Gasteiger charge is -1.69. The molecule has 0 radical (unpaired) electrons. The Morgan fingerprint density at radius 1 is 1.50 bits per heavy atom. The predicted octanol–water partition coefficient (Wildman–Crippen LogP) is -2.83. The molecule has 8 heavy (non-hydrogen) atoms. The summed E-state index contributed by atoms with van der Waals surface area (Å²) in [4.78, 5) is 0. The zero-order chi connectivity index (χ0) is 5.28. The van der Waals surface area contributed by atoms with Gasteiger partial charge in [-0.25, -0.2) is 0 Å². The maximum atomic E-state index is 3.95. The Hall–Kier alpha value is 0.640. The van der Waals surface area contributed by atoms with Crippen LogP contribution in [0, 0.1) is 0 Å². The molecule has 0 atom stereocenters. The molecule has 0 aliphatic carbocycles. The smallest absolute Gasteiger partial charge is 0.267 e. The van der Waals surface area contributed by atoms with Crippen LogP contribution in [0.1, 0.15) is 0 Å². The van der Waals surface area contributed by atoms with E-state index >= 15 is 0 Å². The third-order valence-corrected chi connectivity index (χ3v) is 1.08. The van der Waals surface area contributed by atoms with Crippen LogP contribution < -0.4 is 27.9 Å². The van der Waals surface area contributed by atoms with Crippen molar-refractivity contribution in [2.24, 2.45) is 0 Å². The highest BCUT2D eigenvalue weighted by molar-refractivity contribution is 7.78. The molecule has 1 rings (SSSR count). The van der Waals surface area contributed by atoms with E-state index in [9.17, 15) is 0 Å². The van der Waals surface area contributed by atoms with Crippen molar-refractivity contribution < 1.29 is 27.9 Å². The van der Waals surface area contributed by atoms with E-state index in [0.717, 1.165) is 0 Å². The van der Waals surface area contributed by atoms with Crippen LogP contribution in [0.2, 0.25) is 0 Å². The molecule has 0 N–H and O–H groups in total. The molecule has 0 unspecified atom stereocenters. The number of nitrogens with zero attached hydrogens (tertiary/aromatic N) is 2. The minimum Gasteiger partial charge on any atom is -1.00 e. The van der Waals surface area contributed by atoms with Crippen molar-refractivity contribution in [3.05, 3.63) is 18.7 Å². The van der Waals surface area contributed by atoms with Gasteiger partial charge in [0, 0.05) is 25.6 Å². The summed E-state index contributed by atoms with van der Waals surface area (Å²) in [6.07, 6.45) is 5.30. The molecule has 2 nitrogen and oxygen atoms in total. The second-order valence-electron chi connectivity index (χ2n) is 1.17. The van der Waals surface area contributed by atoms with Crippen LogP contribution in [0.25, 0.3) is 0 Å². The molecule has 0 aromatic carbocycles. The largest absolute Gasteiger partial charge is 1.00 e. The Morgan fingerprint density at radius 2 is 2.12 bits per heavy atom. The van der Waals surface area contributed by atoms with Crippen molar-refractivity contribution >= 4 is 25.6 Å². The summed E-state index contributed by atoms with van der Waals surface area (Å²) >= 11 is 7.90. The van der Waals surface area contributed by atoms with E-state index in [1.165, 1.54) is 0 Å². The minimum atomic E-state index is 0. The summed E-state index contributed by atoms with van der Waals surface area (Å²) in [5.41, 5.74) is 0. The van der Waals surface area contributed by atoms with Gasteiger partial charge in [-0.15, -0.1) is 0 Å². The van der Waals surface area contributed by atoms with Crippen molar-refractivity contribution in [1.29, 1.82) is 0 Å². The Bertz CT molecular complexity index is 148. The molecule has 0 fully saturated rings. The van der Waals surface area contributed by atoms with Crippen LogP contribution in [0.5, 0.6) is 0 Å². The Balaban J connectivity index is 0.000000490. The summed E-state index contributed by atoms with van der Waals surface area (Å²) in [6.45, 7) is 0. The molecule has 0 saturated heterocycles. The number of hydrogen-bond acceptors (Lipinski definition) is 2. The number of halogens is 1. The predicted molar refractivity (Wildman–Crippen MR) is 33.4 cm³/mol. The fourth-order valence-corrected chi connectivity index (χ4v) is 0.758. The average molecular weight is 260 g/mol. The van der Waals surface area contributed by atoms with Crippen molar-refractivity contribution in [2.45, 2.75) is 0 Å². The van der Waals surface area contributed by atoms with Gasteiger partial charge in [-0.2, -0.15) is 7.94 Å². The van der Waals surface area contributed by atoms with Crippen LogP contribution in [0.3, 0.4) is 0 Å². The maximum Gasteiger partial charge on any atom is 0.267 e. The molecule has 46 valence electrons. The number of hydrogen-bond donors (Lipinski definition) is 2. The normalized spacial score (nSPS) is 8.25. The van der Waals surface area contributed by atoms with Crippen LogP contribution in [0.15, 0.2) is 18.7 Å². The van der Waals surface area contributed by atoms with E-state index in [4.69, 9.17) is 0 Å². The summed E-state index contributed by atoms with van der Waals surface area (Å²) in [5.74, 6) is 0. The van der Waals surface area contributed by atoms with Gasteiger partial charge >= 0.3 is 0 Å². The molecule has 1 aromatic rings. The highest BCUT2D eigenvalue weighted by Gasteiger charge is 1.90. The van der Waals surface area contributed by atoms with Crippen molar-refractivity contribution in [3.8, 4) is 0 Å². The first-order valence-electron chi connectivity index (χ1n) is 1.77. The van der Waals surface area contributed by atoms with Crippen LogP contribution in [0.4, 0.5) is 0 Å². The van der Waals surface area contributed by atoms with Gasteiger partial charge in [-0.05, 0) is 0 Å². The van der Waals surface area contributed by atoms with E-state index < -0.39 is 0 Å². The van der Waals surface area contributed by atoms with Gasteiger partial charge in [0.1, 0.15) is 12.4 Å². The summed E-state index contributed by atoms with van der Waals surface area (Å²) in [6, 6.07) is 0. The van der Waals surface area contributed by atoms with E-state index in [1.807, 2.05) is 0 Å². The van der Waals surface area contributed by atoms with Gasteiger partial charge in [0.2, 0.25) is 0 Å². The Morgan fingerprint density at radius 3 is 2.25 bits per heavy atom. The number of thiol groups is 2. The Labute approximate surface area is 76.0 Å². The van der Waals surface area contributed by atoms with Gasteiger partial charge in [0.05, 0.1) is 0 Å². The number of aromatic nitrogens is 2. The highest BCUT2D eigenvalue weighted by atomic mass is 127. The third-order valence-electron chi connectivity index (χ3n) is 0.609. The molecule has 0 saturated carbocycles. The molecule has 0 bridgehead atoms. The molecule has 0 spiro atoms. The van der Waals surface area contributed by atoms with E-state index in [0.29, 0.717) is 0 Å². The molecule has 1 heterocycles. The third kappa shape index (κ3) is 2.27. The van der Waals surface area contributed by atoms with E-state index in [1.54, 1.807) is 26.7 Å². The van der Waals surface area contributed by atoms with Gasteiger partial charge in [0.15, 0.2) is 0 Å².